The van der Waals surface area contributed by atoms with Crippen molar-refractivity contribution in [1.82, 2.24) is 5.32 Å². The normalized spacial score (nSPS) is 17.9. The van der Waals surface area contributed by atoms with Gasteiger partial charge in [-0.3, -0.25) is 0 Å². The number of nitrogens with one attached hydrogen (secondary N) is 1. The van der Waals surface area contributed by atoms with Crippen molar-refractivity contribution in [3.63, 3.8) is 0 Å². The zero-order chi connectivity index (χ0) is 14.5. The third-order valence-electron chi connectivity index (χ3n) is 4.22. The number of nitrogens with zero attached hydrogens (tertiary/aromatic N) is 1. The van der Waals surface area contributed by atoms with Crippen LogP contribution in [0.2, 0.25) is 0 Å². The third-order valence-corrected chi connectivity index (χ3v) is 4.22. The highest BCUT2D eigenvalue weighted by Gasteiger charge is 2.20. The van der Waals surface area contributed by atoms with E-state index < -0.39 is 0 Å². The summed E-state index contributed by atoms with van der Waals surface area (Å²) in [5.41, 5.74) is 1.35. The largest absolute Gasteiger partial charge is 0.469 e. The van der Waals surface area contributed by atoms with E-state index >= 15 is 0 Å². The molecule has 0 saturated carbocycles. The molecule has 1 saturated heterocycles. The van der Waals surface area contributed by atoms with Gasteiger partial charge in [0.15, 0.2) is 0 Å². The first-order valence-electron chi connectivity index (χ1n) is 7.89. The van der Waals surface area contributed by atoms with Crippen LogP contribution in [-0.4, -0.2) is 25.2 Å². The van der Waals surface area contributed by atoms with Crippen molar-refractivity contribution in [3.05, 3.63) is 54.5 Å². The number of anilines is 1. The highest BCUT2D eigenvalue weighted by molar-refractivity contribution is 5.46. The molecule has 0 amide bonds. The lowest BCUT2D eigenvalue weighted by molar-refractivity contribution is 0.362. The molecule has 2 heterocycles. The van der Waals surface area contributed by atoms with Crippen molar-refractivity contribution >= 4 is 5.69 Å². The number of piperidine rings is 1. The van der Waals surface area contributed by atoms with E-state index in [-0.39, 0.29) is 0 Å². The number of rotatable bonds is 5. The summed E-state index contributed by atoms with van der Waals surface area (Å²) >= 11 is 0. The summed E-state index contributed by atoms with van der Waals surface area (Å²) < 4.78 is 5.42. The molecule has 3 rings (SSSR count). The molecule has 3 heteroatoms. The van der Waals surface area contributed by atoms with Gasteiger partial charge in [0.25, 0.3) is 0 Å². The SMILES string of the molecule is CC(Cc1ccco1)NC1CCN(c2ccccc2)CC1. The first-order valence-corrected chi connectivity index (χ1v) is 7.89. The molecule has 3 nitrogen and oxygen atoms in total. The summed E-state index contributed by atoms with van der Waals surface area (Å²) in [6.45, 7) is 4.51. The van der Waals surface area contributed by atoms with E-state index in [4.69, 9.17) is 4.42 Å². The number of hydrogen-bond acceptors (Lipinski definition) is 3. The van der Waals surface area contributed by atoms with Gasteiger partial charge in [-0.2, -0.15) is 0 Å². The molecule has 112 valence electrons. The van der Waals surface area contributed by atoms with E-state index in [2.05, 4.69) is 53.5 Å². The van der Waals surface area contributed by atoms with Crippen LogP contribution in [0.4, 0.5) is 5.69 Å². The predicted molar refractivity (Wildman–Crippen MR) is 86.7 cm³/mol. The average molecular weight is 284 g/mol. The lowest BCUT2D eigenvalue weighted by Gasteiger charge is -2.35. The lowest BCUT2D eigenvalue weighted by Crippen LogP contribution is -2.46. The van der Waals surface area contributed by atoms with Gasteiger partial charge in [0.05, 0.1) is 6.26 Å². The summed E-state index contributed by atoms with van der Waals surface area (Å²) in [4.78, 5) is 2.48. The molecule has 0 bridgehead atoms. The van der Waals surface area contributed by atoms with Gasteiger partial charge in [-0.05, 0) is 44.0 Å². The molecular weight excluding hydrogens is 260 g/mol. The number of hydrogen-bond donors (Lipinski definition) is 1. The Bertz CT molecular complexity index is 515. The summed E-state index contributed by atoms with van der Waals surface area (Å²) in [6, 6.07) is 15.8. The first kappa shape index (κ1) is 14.2. The Morgan fingerprint density at radius 3 is 2.57 bits per heavy atom. The molecule has 2 aromatic rings. The standard InChI is InChI=1S/C18H24N2O/c1-15(14-18-8-5-13-21-18)19-16-9-11-20(12-10-16)17-6-3-2-4-7-17/h2-8,13,15-16,19H,9-12,14H2,1H3. The molecule has 1 aromatic heterocycles. The molecule has 1 aliphatic heterocycles. The highest BCUT2D eigenvalue weighted by atomic mass is 16.3. The molecule has 0 aliphatic carbocycles. The monoisotopic (exact) mass is 284 g/mol. The Kier molecular flexibility index (Phi) is 4.61. The van der Waals surface area contributed by atoms with Crippen molar-refractivity contribution in [1.29, 1.82) is 0 Å². The van der Waals surface area contributed by atoms with E-state index in [0.29, 0.717) is 12.1 Å². The topological polar surface area (TPSA) is 28.4 Å². The molecule has 1 aliphatic rings. The zero-order valence-electron chi connectivity index (χ0n) is 12.7. The Morgan fingerprint density at radius 2 is 1.90 bits per heavy atom. The quantitative estimate of drug-likeness (QED) is 0.911. The second-order valence-corrected chi connectivity index (χ2v) is 5.95. The van der Waals surface area contributed by atoms with E-state index in [9.17, 15) is 0 Å². The van der Waals surface area contributed by atoms with Crippen LogP contribution in [0, 0.1) is 0 Å². The second-order valence-electron chi connectivity index (χ2n) is 5.95. The third kappa shape index (κ3) is 3.88. The average Bonchev–Trinajstić information content (AvgIpc) is 3.02. The molecule has 1 N–H and O–H groups in total. The fourth-order valence-electron chi connectivity index (χ4n) is 3.13. The van der Waals surface area contributed by atoms with Crippen LogP contribution in [0.3, 0.4) is 0 Å². The fraction of sp³-hybridized carbons (Fsp3) is 0.444. The van der Waals surface area contributed by atoms with Gasteiger partial charge in [0, 0.05) is 37.3 Å². The molecule has 0 radical (unpaired) electrons. The van der Waals surface area contributed by atoms with Crippen LogP contribution in [0.5, 0.6) is 0 Å². The molecule has 0 spiro atoms. The minimum atomic E-state index is 0.462. The second kappa shape index (κ2) is 6.81. The molecule has 1 fully saturated rings. The summed E-state index contributed by atoms with van der Waals surface area (Å²) in [5.74, 6) is 1.07. The van der Waals surface area contributed by atoms with Gasteiger partial charge in [-0.1, -0.05) is 18.2 Å². The Morgan fingerprint density at radius 1 is 1.14 bits per heavy atom. The van der Waals surface area contributed by atoms with E-state index in [0.717, 1.165) is 25.3 Å². The van der Waals surface area contributed by atoms with E-state index in [1.54, 1.807) is 6.26 Å². The molecule has 1 unspecified atom stereocenters. The Balaban J connectivity index is 1.45. The molecular formula is C18H24N2O. The van der Waals surface area contributed by atoms with Crippen molar-refractivity contribution in [3.8, 4) is 0 Å². The van der Waals surface area contributed by atoms with Gasteiger partial charge in [-0.25, -0.2) is 0 Å². The minimum absolute atomic E-state index is 0.462. The van der Waals surface area contributed by atoms with Crippen molar-refractivity contribution in [2.24, 2.45) is 0 Å². The number of furan rings is 1. The Labute approximate surface area is 127 Å². The summed E-state index contributed by atoms with van der Waals surface area (Å²) in [5, 5.41) is 3.74. The van der Waals surface area contributed by atoms with Gasteiger partial charge in [0.1, 0.15) is 5.76 Å². The van der Waals surface area contributed by atoms with Crippen LogP contribution in [-0.2, 0) is 6.42 Å². The van der Waals surface area contributed by atoms with Crippen molar-refractivity contribution < 1.29 is 4.42 Å². The highest BCUT2D eigenvalue weighted by Crippen LogP contribution is 2.20. The van der Waals surface area contributed by atoms with Gasteiger partial charge in [0.2, 0.25) is 0 Å². The van der Waals surface area contributed by atoms with E-state index in [1.807, 2.05) is 6.07 Å². The van der Waals surface area contributed by atoms with Crippen LogP contribution in [0.25, 0.3) is 0 Å². The molecule has 21 heavy (non-hydrogen) atoms. The number of para-hydroxylation sites is 1. The molecule has 1 aromatic carbocycles. The van der Waals surface area contributed by atoms with Gasteiger partial charge in [-0.15, -0.1) is 0 Å². The number of benzene rings is 1. The zero-order valence-corrected chi connectivity index (χ0v) is 12.7. The predicted octanol–water partition coefficient (Wildman–Crippen LogP) is 3.47. The van der Waals surface area contributed by atoms with Crippen LogP contribution < -0.4 is 10.2 Å². The minimum Gasteiger partial charge on any atom is -0.469 e. The van der Waals surface area contributed by atoms with Crippen LogP contribution >= 0.6 is 0 Å². The van der Waals surface area contributed by atoms with Crippen LogP contribution in [0.15, 0.2) is 53.1 Å². The van der Waals surface area contributed by atoms with Gasteiger partial charge >= 0.3 is 0 Å². The molecule has 1 atom stereocenters. The maximum atomic E-state index is 5.42. The fourth-order valence-corrected chi connectivity index (χ4v) is 3.13. The maximum absolute atomic E-state index is 5.42. The van der Waals surface area contributed by atoms with E-state index in [1.165, 1.54) is 18.5 Å². The van der Waals surface area contributed by atoms with Crippen molar-refractivity contribution in [2.45, 2.75) is 38.3 Å². The van der Waals surface area contributed by atoms with Gasteiger partial charge < -0.3 is 14.6 Å². The summed E-state index contributed by atoms with van der Waals surface area (Å²) in [7, 11) is 0. The van der Waals surface area contributed by atoms with Crippen LogP contribution in [0.1, 0.15) is 25.5 Å². The lowest BCUT2D eigenvalue weighted by atomic mass is 10.0. The first-order chi connectivity index (χ1) is 10.3. The maximum Gasteiger partial charge on any atom is 0.105 e. The van der Waals surface area contributed by atoms with Crippen molar-refractivity contribution in [2.75, 3.05) is 18.0 Å². The summed E-state index contributed by atoms with van der Waals surface area (Å²) in [6.07, 6.45) is 5.13. The smallest absolute Gasteiger partial charge is 0.105 e. The Hall–Kier alpha value is -1.74.